The van der Waals surface area contributed by atoms with Crippen LogP contribution in [0.2, 0.25) is 10.0 Å². The van der Waals surface area contributed by atoms with Crippen molar-refractivity contribution in [3.05, 3.63) is 58.1 Å². The van der Waals surface area contributed by atoms with Gasteiger partial charge in [0, 0.05) is 22.3 Å². The number of quaternary nitrogens is 1. The number of hydrogen-bond donors (Lipinski definition) is 3. The second kappa shape index (κ2) is 8.62. The lowest BCUT2D eigenvalue weighted by Gasteiger charge is -2.33. The number of benzene rings is 2. The van der Waals surface area contributed by atoms with Crippen molar-refractivity contribution in [1.82, 2.24) is 5.32 Å². The van der Waals surface area contributed by atoms with Gasteiger partial charge in [0.1, 0.15) is 5.75 Å². The van der Waals surface area contributed by atoms with E-state index in [2.05, 4.69) is 10.2 Å². The minimum absolute atomic E-state index is 0.0177. The molecule has 2 aromatic rings. The third-order valence-corrected chi connectivity index (χ3v) is 5.17. The lowest BCUT2D eigenvalue weighted by Crippen LogP contribution is -3.15. The van der Waals surface area contributed by atoms with Gasteiger partial charge in [-0.05, 0) is 42.0 Å². The zero-order valence-corrected chi connectivity index (χ0v) is 15.9. The molecule has 1 saturated heterocycles. The van der Waals surface area contributed by atoms with Crippen LogP contribution in [0.5, 0.6) is 5.75 Å². The molecule has 0 bridgehead atoms. The third kappa shape index (κ3) is 5.04. The average molecular weight is 395 g/mol. The van der Waals surface area contributed by atoms with Gasteiger partial charge in [-0.1, -0.05) is 29.3 Å². The van der Waals surface area contributed by atoms with Crippen LogP contribution in [0.25, 0.3) is 0 Å². The Balaban J connectivity index is 1.43. The summed E-state index contributed by atoms with van der Waals surface area (Å²) < 4.78 is 0. The van der Waals surface area contributed by atoms with E-state index >= 15 is 0 Å². The Bertz CT molecular complexity index is 760. The average Bonchev–Trinajstić information content (AvgIpc) is 2.62. The first kappa shape index (κ1) is 18.8. The molecular weight excluding hydrogens is 373 g/mol. The first-order valence-electron chi connectivity index (χ1n) is 8.59. The van der Waals surface area contributed by atoms with Gasteiger partial charge in [-0.2, -0.15) is 0 Å². The summed E-state index contributed by atoms with van der Waals surface area (Å²) in [7, 11) is 0. The molecule has 0 atom stereocenters. The van der Waals surface area contributed by atoms with Gasteiger partial charge in [0.25, 0.3) is 5.91 Å². The maximum atomic E-state index is 12.2. The van der Waals surface area contributed by atoms with Crippen LogP contribution in [0.4, 0.5) is 5.69 Å². The summed E-state index contributed by atoms with van der Waals surface area (Å²) in [4.78, 5) is 15.7. The maximum absolute atomic E-state index is 12.2. The van der Waals surface area contributed by atoms with E-state index in [1.54, 1.807) is 24.3 Å². The fraction of sp³-hybridized carbons (Fsp3) is 0.316. The maximum Gasteiger partial charge on any atom is 0.275 e. The molecule has 1 amide bonds. The van der Waals surface area contributed by atoms with E-state index in [9.17, 15) is 9.90 Å². The molecule has 3 N–H and O–H groups in total. The Kier molecular flexibility index (Phi) is 6.25. The monoisotopic (exact) mass is 394 g/mol. The van der Waals surface area contributed by atoms with Gasteiger partial charge in [-0.25, -0.2) is 0 Å². The predicted molar refractivity (Wildman–Crippen MR) is 104 cm³/mol. The quantitative estimate of drug-likeness (QED) is 0.723. The number of phenols is 1. The van der Waals surface area contributed by atoms with Crippen LogP contribution in [0.15, 0.2) is 42.5 Å². The van der Waals surface area contributed by atoms with Gasteiger partial charge in [-0.3, -0.25) is 4.79 Å². The number of carbonyl (C=O) groups is 1. The molecule has 0 saturated carbocycles. The second-order valence-electron chi connectivity index (χ2n) is 6.44. The van der Waals surface area contributed by atoms with Crippen LogP contribution < -0.4 is 15.1 Å². The molecule has 3 rings (SSSR count). The highest BCUT2D eigenvalue weighted by Gasteiger charge is 2.22. The molecule has 7 heteroatoms. The zero-order valence-electron chi connectivity index (χ0n) is 14.3. The van der Waals surface area contributed by atoms with Crippen molar-refractivity contribution in [3.8, 4) is 5.75 Å². The van der Waals surface area contributed by atoms with Crippen molar-refractivity contribution < 1.29 is 14.8 Å². The van der Waals surface area contributed by atoms with E-state index in [0.29, 0.717) is 23.1 Å². The summed E-state index contributed by atoms with van der Waals surface area (Å²) in [6.45, 7) is 4.43. The van der Waals surface area contributed by atoms with Crippen molar-refractivity contribution in [2.75, 3.05) is 37.6 Å². The van der Waals surface area contributed by atoms with E-state index < -0.39 is 0 Å². The number of anilines is 1. The molecular formula is C19H22Cl2N3O2+. The van der Waals surface area contributed by atoms with E-state index in [-0.39, 0.29) is 11.7 Å². The first-order valence-corrected chi connectivity index (χ1v) is 9.35. The number of rotatable bonds is 5. The summed E-state index contributed by atoms with van der Waals surface area (Å²) in [5.74, 6) is 0.291. The van der Waals surface area contributed by atoms with E-state index in [0.717, 1.165) is 37.4 Å². The number of aromatic hydroxyl groups is 1. The highest BCUT2D eigenvalue weighted by atomic mass is 35.5. The fourth-order valence-corrected chi connectivity index (χ4v) is 3.55. The number of amides is 1. The Morgan fingerprint density at radius 3 is 2.46 bits per heavy atom. The lowest BCUT2D eigenvalue weighted by molar-refractivity contribution is -0.892. The molecule has 1 aliphatic heterocycles. The zero-order chi connectivity index (χ0) is 18.5. The highest BCUT2D eigenvalue weighted by Crippen LogP contribution is 2.20. The van der Waals surface area contributed by atoms with Gasteiger partial charge in [0.05, 0.1) is 26.2 Å². The minimum Gasteiger partial charge on any atom is -0.508 e. The molecule has 26 heavy (non-hydrogen) atoms. The highest BCUT2D eigenvalue weighted by molar-refractivity contribution is 6.35. The largest absolute Gasteiger partial charge is 0.508 e. The van der Waals surface area contributed by atoms with Crippen LogP contribution in [0, 0.1) is 0 Å². The molecule has 1 aliphatic rings. The molecule has 0 aromatic heterocycles. The van der Waals surface area contributed by atoms with Crippen molar-refractivity contribution in [2.24, 2.45) is 0 Å². The number of nitrogens with zero attached hydrogens (tertiary/aromatic N) is 1. The van der Waals surface area contributed by atoms with Gasteiger partial charge >= 0.3 is 0 Å². The number of phenolic OH excluding ortho intramolecular Hbond substituents is 1. The van der Waals surface area contributed by atoms with E-state index in [1.807, 2.05) is 18.2 Å². The van der Waals surface area contributed by atoms with Crippen LogP contribution in [-0.2, 0) is 11.3 Å². The second-order valence-corrected chi connectivity index (χ2v) is 7.29. The number of halogens is 2. The van der Waals surface area contributed by atoms with Gasteiger partial charge < -0.3 is 20.2 Å². The fourth-order valence-electron chi connectivity index (χ4n) is 3.07. The molecule has 0 radical (unpaired) electrons. The number of piperazine rings is 1. The molecule has 0 aliphatic carbocycles. The third-order valence-electron chi connectivity index (χ3n) is 4.59. The topological polar surface area (TPSA) is 57.0 Å². The molecule has 138 valence electrons. The van der Waals surface area contributed by atoms with Crippen LogP contribution >= 0.6 is 23.2 Å². The van der Waals surface area contributed by atoms with Crippen LogP contribution in [0.1, 0.15) is 5.56 Å². The van der Waals surface area contributed by atoms with Crippen molar-refractivity contribution in [3.63, 3.8) is 0 Å². The Labute approximate surface area is 163 Å². The SMILES string of the molecule is O=C(C[NH+]1CCN(c2ccc(O)cc2)CC1)NCc1ccc(Cl)cc1Cl. The number of nitrogens with one attached hydrogen (secondary N) is 2. The molecule has 0 spiro atoms. The van der Waals surface area contributed by atoms with Gasteiger partial charge in [-0.15, -0.1) is 0 Å². The van der Waals surface area contributed by atoms with Crippen molar-refractivity contribution in [1.29, 1.82) is 0 Å². The standard InChI is InChI=1S/C19H21Cl2N3O2/c20-15-2-1-14(18(21)11-15)12-22-19(26)13-23-7-9-24(10-8-23)16-3-5-17(25)6-4-16/h1-6,11,25H,7-10,12-13H2,(H,22,26)/p+1. The van der Waals surface area contributed by atoms with Crippen LogP contribution in [-0.4, -0.2) is 43.7 Å². The molecule has 1 heterocycles. The number of hydrogen-bond acceptors (Lipinski definition) is 3. The predicted octanol–water partition coefficient (Wildman–Crippen LogP) is 1.72. The number of carbonyl (C=O) groups excluding carboxylic acids is 1. The molecule has 0 unspecified atom stereocenters. The normalized spacial score (nSPS) is 15.1. The Morgan fingerprint density at radius 2 is 1.81 bits per heavy atom. The van der Waals surface area contributed by atoms with E-state index in [4.69, 9.17) is 23.2 Å². The Hall–Kier alpha value is -1.95. The van der Waals surface area contributed by atoms with E-state index in [1.165, 1.54) is 4.90 Å². The minimum atomic E-state index is 0.0177. The summed E-state index contributed by atoms with van der Waals surface area (Å²) in [5.41, 5.74) is 1.96. The van der Waals surface area contributed by atoms with Crippen molar-refractivity contribution >= 4 is 34.8 Å². The summed E-state index contributed by atoms with van der Waals surface area (Å²) in [6.07, 6.45) is 0. The molecule has 2 aromatic carbocycles. The molecule has 1 fully saturated rings. The van der Waals surface area contributed by atoms with Crippen LogP contribution in [0.3, 0.4) is 0 Å². The van der Waals surface area contributed by atoms with Gasteiger partial charge in [0.2, 0.25) is 0 Å². The lowest BCUT2D eigenvalue weighted by atomic mass is 10.2. The Morgan fingerprint density at radius 1 is 1.12 bits per heavy atom. The van der Waals surface area contributed by atoms with Crippen molar-refractivity contribution in [2.45, 2.75) is 6.54 Å². The summed E-state index contributed by atoms with van der Waals surface area (Å²) in [6, 6.07) is 12.5. The first-order chi connectivity index (χ1) is 12.5. The smallest absolute Gasteiger partial charge is 0.275 e. The summed E-state index contributed by atoms with van der Waals surface area (Å²) >= 11 is 12.0. The van der Waals surface area contributed by atoms with Gasteiger partial charge in [0.15, 0.2) is 6.54 Å². The molecule has 5 nitrogen and oxygen atoms in total. The summed E-state index contributed by atoms with van der Waals surface area (Å²) in [5, 5.41) is 13.5.